The number of allylic oxidation sites excluding steroid dienone is 2. The van der Waals surface area contributed by atoms with Crippen LogP contribution in [0.15, 0.2) is 72.1 Å². The Bertz CT molecular complexity index is 1120. The summed E-state index contributed by atoms with van der Waals surface area (Å²) in [6.45, 7) is 3.48. The summed E-state index contributed by atoms with van der Waals surface area (Å²) in [7, 11) is 0. The van der Waals surface area contributed by atoms with Gasteiger partial charge in [0.25, 0.3) is 5.91 Å². The molecule has 3 aromatic rings. The number of rotatable bonds is 7. The van der Waals surface area contributed by atoms with E-state index >= 15 is 0 Å². The normalized spacial score (nSPS) is 14.5. The average Bonchev–Trinajstić information content (AvgIpc) is 3.36. The average molecular weight is 460 g/mol. The summed E-state index contributed by atoms with van der Waals surface area (Å²) >= 11 is 1.54. The van der Waals surface area contributed by atoms with Gasteiger partial charge < -0.3 is 10.2 Å². The van der Waals surface area contributed by atoms with Crippen molar-refractivity contribution >= 4 is 28.8 Å². The molecule has 2 heterocycles. The van der Waals surface area contributed by atoms with Gasteiger partial charge in [-0.1, -0.05) is 60.7 Å². The van der Waals surface area contributed by atoms with Gasteiger partial charge in [0.2, 0.25) is 5.91 Å². The fourth-order valence-corrected chi connectivity index (χ4v) is 5.11. The van der Waals surface area contributed by atoms with Crippen LogP contribution < -0.4 is 5.32 Å². The maximum Gasteiger partial charge on any atom is 0.275 e. The predicted octanol–water partition coefficient (Wildman–Crippen LogP) is 6.12. The minimum atomic E-state index is -0.197. The van der Waals surface area contributed by atoms with Crippen molar-refractivity contribution < 1.29 is 9.59 Å². The molecule has 1 N–H and O–H groups in total. The molecular weight excluding hydrogens is 430 g/mol. The van der Waals surface area contributed by atoms with Crippen molar-refractivity contribution in [1.29, 1.82) is 0 Å². The second kappa shape index (κ2) is 11.1. The first-order valence-electron chi connectivity index (χ1n) is 11.5. The number of hydrogen-bond acceptors (Lipinski definition) is 4. The van der Waals surface area contributed by atoms with Crippen LogP contribution in [0.3, 0.4) is 0 Å². The van der Waals surface area contributed by atoms with E-state index < -0.39 is 0 Å². The third-order valence-electron chi connectivity index (χ3n) is 5.97. The molecule has 1 saturated heterocycles. The smallest absolute Gasteiger partial charge is 0.275 e. The molecule has 5 nitrogen and oxygen atoms in total. The van der Waals surface area contributed by atoms with Crippen molar-refractivity contribution in [2.24, 2.45) is 0 Å². The van der Waals surface area contributed by atoms with Crippen LogP contribution in [0.5, 0.6) is 0 Å². The lowest BCUT2D eigenvalue weighted by Gasteiger charge is -2.31. The van der Waals surface area contributed by atoms with Crippen LogP contribution in [0.4, 0.5) is 5.69 Å². The van der Waals surface area contributed by atoms with Crippen molar-refractivity contribution in [1.82, 2.24) is 9.88 Å². The third-order valence-corrected chi connectivity index (χ3v) is 6.98. The predicted molar refractivity (Wildman–Crippen MR) is 135 cm³/mol. The number of nitrogens with one attached hydrogen (secondary N) is 1. The first-order chi connectivity index (χ1) is 16.2. The van der Waals surface area contributed by atoms with Crippen LogP contribution in [-0.2, 0) is 4.79 Å². The fraction of sp³-hybridized carbons (Fsp3) is 0.296. The number of thiazole rings is 1. The Kier molecular flexibility index (Phi) is 7.68. The molecule has 0 unspecified atom stereocenters. The number of piperidine rings is 1. The van der Waals surface area contributed by atoms with Crippen molar-refractivity contribution in [3.63, 3.8) is 0 Å². The molecule has 33 heavy (non-hydrogen) atoms. The summed E-state index contributed by atoms with van der Waals surface area (Å²) in [6, 6.07) is 17.8. The second-order valence-electron chi connectivity index (χ2n) is 8.20. The van der Waals surface area contributed by atoms with Crippen LogP contribution in [0, 0.1) is 0 Å². The number of hydrogen-bond donors (Lipinski definition) is 1. The van der Waals surface area contributed by atoms with Crippen molar-refractivity contribution in [3.05, 3.63) is 82.8 Å². The number of carbonyl (C=O) groups is 2. The van der Waals surface area contributed by atoms with Gasteiger partial charge in [-0.15, -0.1) is 11.3 Å². The minimum Gasteiger partial charge on any atom is -0.343 e. The zero-order valence-corrected chi connectivity index (χ0v) is 19.7. The van der Waals surface area contributed by atoms with E-state index in [1.807, 2.05) is 84.0 Å². The summed E-state index contributed by atoms with van der Waals surface area (Å²) in [6.07, 6.45) is 7.16. The number of amides is 2. The molecular formula is C27H29N3O2S. The van der Waals surface area contributed by atoms with E-state index in [9.17, 15) is 9.59 Å². The SMILES string of the molecule is CC=CCCC(=O)N1CCC(c2nc(C(=O)Nc3ccccc3-c3ccccc3)cs2)CC1. The van der Waals surface area contributed by atoms with Crippen LogP contribution >= 0.6 is 11.3 Å². The fourth-order valence-electron chi connectivity index (χ4n) is 4.13. The molecule has 1 aliphatic rings. The Morgan fingerprint density at radius 1 is 1.09 bits per heavy atom. The molecule has 2 amide bonds. The van der Waals surface area contributed by atoms with Gasteiger partial charge >= 0.3 is 0 Å². The maximum absolute atomic E-state index is 12.9. The molecule has 0 aliphatic carbocycles. The molecule has 0 bridgehead atoms. The number of anilines is 1. The van der Waals surface area contributed by atoms with E-state index in [4.69, 9.17) is 0 Å². The lowest BCUT2D eigenvalue weighted by atomic mass is 9.97. The molecule has 0 radical (unpaired) electrons. The van der Waals surface area contributed by atoms with Gasteiger partial charge in [-0.25, -0.2) is 4.98 Å². The summed E-state index contributed by atoms with van der Waals surface area (Å²) in [4.78, 5) is 31.9. The van der Waals surface area contributed by atoms with Crippen LogP contribution in [0.1, 0.15) is 54.0 Å². The van der Waals surface area contributed by atoms with E-state index in [2.05, 4.69) is 10.3 Å². The highest BCUT2D eigenvalue weighted by Gasteiger charge is 2.26. The molecule has 1 aromatic heterocycles. The van der Waals surface area contributed by atoms with Gasteiger partial charge in [0.05, 0.1) is 5.01 Å². The molecule has 4 rings (SSSR count). The van der Waals surface area contributed by atoms with Gasteiger partial charge in [0, 0.05) is 42.1 Å². The van der Waals surface area contributed by atoms with E-state index in [0.29, 0.717) is 18.0 Å². The van der Waals surface area contributed by atoms with Gasteiger partial charge in [-0.2, -0.15) is 0 Å². The number of nitrogens with zero attached hydrogens (tertiary/aromatic N) is 2. The van der Waals surface area contributed by atoms with Gasteiger partial charge in [0.15, 0.2) is 0 Å². The summed E-state index contributed by atoms with van der Waals surface area (Å²) in [5.74, 6) is 0.327. The Labute approximate surface area is 199 Å². The highest BCUT2D eigenvalue weighted by atomic mass is 32.1. The summed E-state index contributed by atoms with van der Waals surface area (Å²) < 4.78 is 0. The topological polar surface area (TPSA) is 62.3 Å². The first kappa shape index (κ1) is 22.9. The number of para-hydroxylation sites is 1. The van der Waals surface area contributed by atoms with Crippen LogP contribution in [0.2, 0.25) is 0 Å². The second-order valence-corrected chi connectivity index (χ2v) is 9.09. The van der Waals surface area contributed by atoms with Gasteiger partial charge in [-0.3, -0.25) is 9.59 Å². The number of carbonyl (C=O) groups excluding carboxylic acids is 2. The molecule has 2 aromatic carbocycles. The van der Waals surface area contributed by atoms with Crippen molar-refractivity contribution in [2.75, 3.05) is 18.4 Å². The molecule has 0 saturated carbocycles. The van der Waals surface area contributed by atoms with Crippen LogP contribution in [0.25, 0.3) is 11.1 Å². The molecule has 1 fully saturated rings. The van der Waals surface area contributed by atoms with Crippen LogP contribution in [-0.4, -0.2) is 34.8 Å². The minimum absolute atomic E-state index is 0.197. The van der Waals surface area contributed by atoms with Gasteiger partial charge in [-0.05, 0) is 37.8 Å². The highest BCUT2D eigenvalue weighted by molar-refractivity contribution is 7.10. The lowest BCUT2D eigenvalue weighted by molar-refractivity contribution is -0.132. The summed E-state index contributed by atoms with van der Waals surface area (Å²) in [5, 5.41) is 5.86. The Morgan fingerprint density at radius 3 is 2.58 bits per heavy atom. The largest absolute Gasteiger partial charge is 0.343 e. The Balaban J connectivity index is 1.37. The standard InChI is InChI=1S/C27H29N3O2S/c1-2-3-5-14-25(31)30-17-15-21(16-18-30)27-29-24(19-33-27)26(32)28-23-13-9-8-12-22(23)20-10-6-4-7-11-20/h2-4,6-13,19,21H,5,14-18H2,1H3,(H,28,32). The third kappa shape index (κ3) is 5.76. The zero-order chi connectivity index (χ0) is 23.0. The Hall–Kier alpha value is -3.25. The molecule has 6 heteroatoms. The first-order valence-corrected chi connectivity index (χ1v) is 12.3. The van der Waals surface area contributed by atoms with E-state index in [1.54, 1.807) is 0 Å². The molecule has 0 spiro atoms. The van der Waals surface area contributed by atoms with E-state index in [1.165, 1.54) is 11.3 Å². The van der Waals surface area contributed by atoms with Crippen molar-refractivity contribution in [3.8, 4) is 11.1 Å². The Morgan fingerprint density at radius 2 is 1.82 bits per heavy atom. The lowest BCUT2D eigenvalue weighted by Crippen LogP contribution is -2.37. The highest BCUT2D eigenvalue weighted by Crippen LogP contribution is 2.32. The van der Waals surface area contributed by atoms with E-state index in [0.717, 1.165) is 54.2 Å². The summed E-state index contributed by atoms with van der Waals surface area (Å²) in [5.41, 5.74) is 3.25. The van der Waals surface area contributed by atoms with Crippen molar-refractivity contribution in [2.45, 2.75) is 38.5 Å². The molecule has 0 atom stereocenters. The van der Waals surface area contributed by atoms with E-state index in [-0.39, 0.29) is 11.8 Å². The number of likely N-dealkylation sites (tertiary alicyclic amines) is 1. The molecule has 170 valence electrons. The number of benzene rings is 2. The quantitative estimate of drug-likeness (QED) is 0.433. The van der Waals surface area contributed by atoms with Gasteiger partial charge in [0.1, 0.15) is 5.69 Å². The monoisotopic (exact) mass is 459 g/mol. The zero-order valence-electron chi connectivity index (χ0n) is 18.9. The molecule has 1 aliphatic heterocycles. The number of aromatic nitrogens is 1. The maximum atomic E-state index is 12.9.